The molecule has 0 bridgehead atoms. The Hall–Kier alpha value is -2.38. The molecule has 28 heavy (non-hydrogen) atoms. The molecular formula is C21H23N5OS. The maximum atomic E-state index is 12.3. The van der Waals surface area contributed by atoms with E-state index < -0.39 is 0 Å². The van der Waals surface area contributed by atoms with Crippen molar-refractivity contribution in [1.82, 2.24) is 19.9 Å². The summed E-state index contributed by atoms with van der Waals surface area (Å²) in [7, 11) is 0. The first-order valence-corrected chi connectivity index (χ1v) is 10.8. The van der Waals surface area contributed by atoms with Crippen molar-refractivity contribution in [1.29, 1.82) is 0 Å². The maximum Gasteiger partial charge on any atom is 0.275 e. The highest BCUT2D eigenvalue weighted by Gasteiger charge is 2.36. The predicted molar refractivity (Wildman–Crippen MR) is 111 cm³/mol. The van der Waals surface area contributed by atoms with Crippen molar-refractivity contribution in [3.05, 3.63) is 47.5 Å². The summed E-state index contributed by atoms with van der Waals surface area (Å²) >= 11 is 1.76. The molecular weight excluding hydrogens is 370 g/mol. The largest absolute Gasteiger partial charge is 0.321 e. The number of thiazole rings is 1. The fourth-order valence-electron chi connectivity index (χ4n) is 4.18. The Bertz CT molecular complexity index is 977. The molecule has 3 heterocycles. The zero-order valence-electron chi connectivity index (χ0n) is 15.7. The molecule has 0 spiro atoms. The lowest BCUT2D eigenvalue weighted by Gasteiger charge is -2.43. The number of rotatable bonds is 4. The Balaban J connectivity index is 1.26. The number of nitrogens with one attached hydrogen (secondary N) is 1. The van der Waals surface area contributed by atoms with Crippen molar-refractivity contribution in [3.63, 3.8) is 0 Å². The molecule has 0 radical (unpaired) electrons. The number of benzene rings is 1. The summed E-state index contributed by atoms with van der Waals surface area (Å²) in [5, 5.41) is 4.13. The number of amides is 1. The molecule has 2 aliphatic rings. The summed E-state index contributed by atoms with van der Waals surface area (Å²) in [6.07, 6.45) is 11.1. The second-order valence-electron chi connectivity index (χ2n) is 7.70. The zero-order valence-corrected chi connectivity index (χ0v) is 16.5. The van der Waals surface area contributed by atoms with Gasteiger partial charge >= 0.3 is 0 Å². The van der Waals surface area contributed by atoms with Gasteiger partial charge in [0.05, 0.1) is 21.4 Å². The van der Waals surface area contributed by atoms with Gasteiger partial charge in [0.15, 0.2) is 0 Å². The monoisotopic (exact) mass is 393 g/mol. The van der Waals surface area contributed by atoms with Gasteiger partial charge in [-0.1, -0.05) is 6.42 Å². The van der Waals surface area contributed by atoms with Gasteiger partial charge < -0.3 is 10.2 Å². The minimum Gasteiger partial charge on any atom is -0.321 e. The lowest BCUT2D eigenvalue weighted by atomic mass is 9.79. The van der Waals surface area contributed by atoms with E-state index in [1.165, 1.54) is 62.6 Å². The van der Waals surface area contributed by atoms with E-state index >= 15 is 0 Å². The summed E-state index contributed by atoms with van der Waals surface area (Å²) in [5.41, 5.74) is 2.09. The molecule has 144 valence electrons. The molecule has 1 aromatic carbocycles. The van der Waals surface area contributed by atoms with Gasteiger partial charge in [0, 0.05) is 30.0 Å². The van der Waals surface area contributed by atoms with Gasteiger partial charge in [0.2, 0.25) is 0 Å². The topological polar surface area (TPSA) is 71.0 Å². The van der Waals surface area contributed by atoms with E-state index in [1.807, 2.05) is 18.2 Å². The number of anilines is 1. The van der Waals surface area contributed by atoms with E-state index in [1.54, 1.807) is 17.5 Å². The van der Waals surface area contributed by atoms with Crippen molar-refractivity contribution in [2.24, 2.45) is 0 Å². The highest BCUT2D eigenvalue weighted by Crippen LogP contribution is 2.43. The second-order valence-corrected chi connectivity index (χ2v) is 8.76. The van der Waals surface area contributed by atoms with Crippen LogP contribution >= 0.6 is 11.3 Å². The maximum absolute atomic E-state index is 12.3. The van der Waals surface area contributed by atoms with Crippen LogP contribution in [-0.2, 0) is 0 Å². The third kappa shape index (κ3) is 3.52. The Morgan fingerprint density at radius 2 is 2.00 bits per heavy atom. The summed E-state index contributed by atoms with van der Waals surface area (Å²) < 4.78 is 1.12. The van der Waals surface area contributed by atoms with Gasteiger partial charge in [0.1, 0.15) is 5.69 Å². The number of nitrogens with zero attached hydrogens (tertiary/aromatic N) is 4. The van der Waals surface area contributed by atoms with E-state index in [2.05, 4.69) is 20.2 Å². The number of hydrogen-bond acceptors (Lipinski definition) is 6. The Labute approximate surface area is 168 Å². The van der Waals surface area contributed by atoms with Crippen molar-refractivity contribution in [3.8, 4) is 0 Å². The third-order valence-corrected chi connectivity index (χ3v) is 7.01. The van der Waals surface area contributed by atoms with Gasteiger partial charge in [-0.15, -0.1) is 11.3 Å². The Kier molecular flexibility index (Phi) is 4.78. The molecule has 1 amide bonds. The molecule has 7 heteroatoms. The number of carbonyl (C=O) groups excluding carboxylic acids is 1. The van der Waals surface area contributed by atoms with E-state index in [-0.39, 0.29) is 5.91 Å². The van der Waals surface area contributed by atoms with Crippen LogP contribution in [0.5, 0.6) is 0 Å². The molecule has 0 unspecified atom stereocenters. The van der Waals surface area contributed by atoms with Crippen molar-refractivity contribution in [2.45, 2.75) is 44.1 Å². The quantitative estimate of drug-likeness (QED) is 0.723. The summed E-state index contributed by atoms with van der Waals surface area (Å²) in [6, 6.07) is 6.64. The number of carbonyl (C=O) groups is 1. The van der Waals surface area contributed by atoms with Crippen LogP contribution in [0.15, 0.2) is 36.8 Å². The Morgan fingerprint density at radius 1 is 1.14 bits per heavy atom. The van der Waals surface area contributed by atoms with Crippen LogP contribution in [0, 0.1) is 0 Å². The molecule has 1 aliphatic carbocycles. The van der Waals surface area contributed by atoms with E-state index in [0.717, 1.165) is 21.9 Å². The van der Waals surface area contributed by atoms with Crippen LogP contribution in [-0.4, -0.2) is 44.9 Å². The second kappa shape index (κ2) is 7.56. The lowest BCUT2D eigenvalue weighted by Crippen LogP contribution is -2.46. The van der Waals surface area contributed by atoms with Crippen LogP contribution in [0.25, 0.3) is 10.2 Å². The zero-order chi connectivity index (χ0) is 18.9. The van der Waals surface area contributed by atoms with Crippen molar-refractivity contribution >= 4 is 33.1 Å². The number of piperidine rings is 1. The molecule has 1 N–H and O–H groups in total. The minimum absolute atomic E-state index is 0.249. The third-order valence-electron chi connectivity index (χ3n) is 5.83. The SMILES string of the molecule is O=C(Nc1ccc2nc([C@H]3C[C@H](N4CCCCC4)C3)sc2c1)c1cnccn1. The van der Waals surface area contributed by atoms with Crippen molar-refractivity contribution in [2.75, 3.05) is 18.4 Å². The summed E-state index contributed by atoms with van der Waals surface area (Å²) in [6.45, 7) is 2.54. The molecule has 6 nitrogen and oxygen atoms in total. The fraction of sp³-hybridized carbons (Fsp3) is 0.429. The first-order chi connectivity index (χ1) is 13.8. The average Bonchev–Trinajstić information content (AvgIpc) is 3.11. The van der Waals surface area contributed by atoms with Gasteiger partial charge in [0.25, 0.3) is 5.91 Å². The number of fused-ring (bicyclic) bond motifs is 1. The van der Waals surface area contributed by atoms with E-state index in [0.29, 0.717) is 11.6 Å². The highest BCUT2D eigenvalue weighted by molar-refractivity contribution is 7.18. The van der Waals surface area contributed by atoms with E-state index in [4.69, 9.17) is 4.98 Å². The number of hydrogen-bond donors (Lipinski definition) is 1. The van der Waals surface area contributed by atoms with Gasteiger partial charge in [-0.25, -0.2) is 9.97 Å². The van der Waals surface area contributed by atoms with E-state index in [9.17, 15) is 4.79 Å². The van der Waals surface area contributed by atoms with Crippen molar-refractivity contribution < 1.29 is 4.79 Å². The normalized spacial score (nSPS) is 22.7. The number of likely N-dealkylation sites (tertiary alicyclic amines) is 1. The molecule has 3 aromatic rings. The number of aromatic nitrogens is 3. The molecule has 1 aliphatic heterocycles. The Morgan fingerprint density at radius 3 is 2.79 bits per heavy atom. The first-order valence-electron chi connectivity index (χ1n) is 9.98. The average molecular weight is 394 g/mol. The van der Waals surface area contributed by atoms with Crippen LogP contribution in [0.4, 0.5) is 5.69 Å². The predicted octanol–water partition coefficient (Wildman–Crippen LogP) is 4.07. The summed E-state index contributed by atoms with van der Waals surface area (Å²) in [4.78, 5) is 27.8. The first kappa shape index (κ1) is 17.7. The van der Waals surface area contributed by atoms with Crippen LogP contribution in [0.1, 0.15) is 53.5 Å². The molecule has 2 aromatic heterocycles. The minimum atomic E-state index is -0.249. The van der Waals surface area contributed by atoms with Gasteiger partial charge in [-0.3, -0.25) is 9.78 Å². The van der Waals surface area contributed by atoms with Crippen LogP contribution in [0.3, 0.4) is 0 Å². The highest BCUT2D eigenvalue weighted by atomic mass is 32.1. The molecule has 1 saturated heterocycles. The lowest BCUT2D eigenvalue weighted by molar-refractivity contribution is 0.0888. The standard InChI is InChI=1S/C21H23N5OS/c27-20(18-13-22-6-7-23-18)24-15-4-5-17-19(12-15)28-21(25-17)14-10-16(11-14)26-8-2-1-3-9-26/h4-7,12-14,16H,1-3,8-11H2,(H,24,27)/t14-,16-. The molecule has 0 atom stereocenters. The fourth-order valence-corrected chi connectivity index (χ4v) is 5.31. The van der Waals surface area contributed by atoms with Gasteiger partial charge in [-0.2, -0.15) is 0 Å². The van der Waals surface area contributed by atoms with Crippen LogP contribution in [0.2, 0.25) is 0 Å². The van der Waals surface area contributed by atoms with Gasteiger partial charge in [-0.05, 0) is 57.0 Å². The molecule has 2 fully saturated rings. The molecule has 5 rings (SSSR count). The molecule has 1 saturated carbocycles. The smallest absolute Gasteiger partial charge is 0.275 e. The summed E-state index contributed by atoms with van der Waals surface area (Å²) in [5.74, 6) is 0.336. The van der Waals surface area contributed by atoms with Crippen LogP contribution < -0.4 is 5.32 Å².